The Morgan fingerprint density at radius 2 is 2.20 bits per heavy atom. The second kappa shape index (κ2) is 3.60. The molecule has 0 aliphatic rings. The zero-order chi connectivity index (χ0) is 7.40. The highest BCUT2D eigenvalue weighted by Crippen LogP contribution is 2.07. The topological polar surface area (TPSA) is 58.0 Å². The molecular formula is C5H9N3OS. The van der Waals surface area contributed by atoms with Crippen molar-refractivity contribution in [2.24, 2.45) is 0 Å². The zero-order valence-electron chi connectivity index (χ0n) is 5.66. The first kappa shape index (κ1) is 7.59. The minimum Gasteiger partial charge on any atom is -0.389 e. The van der Waals surface area contributed by atoms with Crippen molar-refractivity contribution in [1.82, 2.24) is 15.5 Å². The number of nitrogens with zero attached hydrogens (tertiary/aromatic N) is 2. The summed E-state index contributed by atoms with van der Waals surface area (Å²) in [5.74, 6) is 0. The fourth-order valence-corrected chi connectivity index (χ4v) is 1.29. The lowest BCUT2D eigenvalue weighted by molar-refractivity contribution is 0.280. The van der Waals surface area contributed by atoms with E-state index in [4.69, 9.17) is 5.11 Å². The van der Waals surface area contributed by atoms with E-state index in [1.165, 1.54) is 11.3 Å². The number of aliphatic hydroxyl groups excluding tert-OH is 1. The molecule has 0 bridgehead atoms. The summed E-state index contributed by atoms with van der Waals surface area (Å²) < 4.78 is 0. The second-order valence-electron chi connectivity index (χ2n) is 1.78. The number of nitrogens with one attached hydrogen (secondary N) is 1. The maximum absolute atomic E-state index is 8.61. The summed E-state index contributed by atoms with van der Waals surface area (Å²) in [5, 5.41) is 20.7. The molecule has 0 fully saturated rings. The van der Waals surface area contributed by atoms with Crippen LogP contribution in [0.25, 0.3) is 0 Å². The average Bonchev–Trinajstić information content (AvgIpc) is 2.37. The Morgan fingerprint density at radius 1 is 1.50 bits per heavy atom. The Balaban J connectivity index is 2.59. The van der Waals surface area contributed by atoms with E-state index >= 15 is 0 Å². The van der Waals surface area contributed by atoms with Crippen molar-refractivity contribution in [3.63, 3.8) is 0 Å². The molecule has 10 heavy (non-hydrogen) atoms. The predicted octanol–water partition coefficient (Wildman–Crippen LogP) is -0.250. The summed E-state index contributed by atoms with van der Waals surface area (Å²) in [6.07, 6.45) is 0. The summed E-state index contributed by atoms with van der Waals surface area (Å²) in [7, 11) is 1.85. The van der Waals surface area contributed by atoms with Gasteiger partial charge < -0.3 is 10.4 Å². The first-order chi connectivity index (χ1) is 4.86. The molecule has 1 rings (SSSR count). The van der Waals surface area contributed by atoms with Gasteiger partial charge in [0.1, 0.15) is 10.0 Å². The molecule has 0 saturated carbocycles. The molecule has 0 aliphatic heterocycles. The third-order valence-corrected chi connectivity index (χ3v) is 1.88. The van der Waals surface area contributed by atoms with Gasteiger partial charge >= 0.3 is 0 Å². The van der Waals surface area contributed by atoms with Crippen LogP contribution in [0.3, 0.4) is 0 Å². The van der Waals surface area contributed by atoms with Crippen LogP contribution in [0.1, 0.15) is 10.0 Å². The van der Waals surface area contributed by atoms with E-state index < -0.39 is 0 Å². The van der Waals surface area contributed by atoms with Crippen LogP contribution >= 0.6 is 11.3 Å². The molecule has 0 saturated heterocycles. The standard InChI is InChI=1S/C5H9N3OS/c1-6-2-4-7-8-5(3-9)10-4/h6,9H,2-3H2,1H3. The molecule has 4 nitrogen and oxygen atoms in total. The minimum absolute atomic E-state index is 0.0125. The van der Waals surface area contributed by atoms with Crippen LogP contribution in [0, 0.1) is 0 Å². The summed E-state index contributed by atoms with van der Waals surface area (Å²) in [4.78, 5) is 0. The fraction of sp³-hybridized carbons (Fsp3) is 0.600. The smallest absolute Gasteiger partial charge is 0.143 e. The Morgan fingerprint density at radius 3 is 2.70 bits per heavy atom. The predicted molar refractivity (Wildman–Crippen MR) is 38.6 cm³/mol. The fourth-order valence-electron chi connectivity index (χ4n) is 0.575. The highest BCUT2D eigenvalue weighted by atomic mass is 32.1. The van der Waals surface area contributed by atoms with Crippen LogP contribution in [0.4, 0.5) is 0 Å². The monoisotopic (exact) mass is 159 g/mol. The number of rotatable bonds is 3. The van der Waals surface area contributed by atoms with E-state index in [1.807, 2.05) is 7.05 Å². The molecule has 0 spiro atoms. The van der Waals surface area contributed by atoms with E-state index in [9.17, 15) is 0 Å². The molecule has 56 valence electrons. The van der Waals surface area contributed by atoms with Crippen LogP contribution in [0.15, 0.2) is 0 Å². The molecule has 0 radical (unpaired) electrons. The van der Waals surface area contributed by atoms with Crippen molar-refractivity contribution in [2.45, 2.75) is 13.2 Å². The SMILES string of the molecule is CNCc1nnc(CO)s1. The van der Waals surface area contributed by atoms with Gasteiger partial charge in [0.05, 0.1) is 6.61 Å². The molecule has 0 unspecified atom stereocenters. The first-order valence-electron chi connectivity index (χ1n) is 2.93. The number of aliphatic hydroxyl groups is 1. The van der Waals surface area contributed by atoms with Gasteiger partial charge in [0.15, 0.2) is 0 Å². The van der Waals surface area contributed by atoms with Gasteiger partial charge in [0, 0.05) is 6.54 Å². The van der Waals surface area contributed by atoms with Crippen molar-refractivity contribution < 1.29 is 5.11 Å². The third-order valence-electron chi connectivity index (χ3n) is 0.972. The van der Waals surface area contributed by atoms with Crippen molar-refractivity contribution in [1.29, 1.82) is 0 Å². The lowest BCUT2D eigenvalue weighted by Gasteiger charge is -1.87. The van der Waals surface area contributed by atoms with Crippen molar-refractivity contribution in [2.75, 3.05) is 7.05 Å². The normalized spacial score (nSPS) is 10.2. The average molecular weight is 159 g/mol. The quantitative estimate of drug-likeness (QED) is 0.638. The molecule has 5 heteroatoms. The van der Waals surface area contributed by atoms with Gasteiger partial charge in [-0.3, -0.25) is 0 Å². The number of hydrogen-bond donors (Lipinski definition) is 2. The molecule has 1 aromatic rings. The molecule has 1 heterocycles. The number of aromatic nitrogens is 2. The lowest BCUT2D eigenvalue weighted by atomic mass is 10.7. The van der Waals surface area contributed by atoms with Crippen LogP contribution in [-0.2, 0) is 13.2 Å². The van der Waals surface area contributed by atoms with E-state index in [-0.39, 0.29) is 6.61 Å². The summed E-state index contributed by atoms with van der Waals surface area (Å²) >= 11 is 1.42. The third kappa shape index (κ3) is 1.73. The van der Waals surface area contributed by atoms with Gasteiger partial charge in [-0.1, -0.05) is 11.3 Å². The zero-order valence-corrected chi connectivity index (χ0v) is 6.48. The molecule has 0 aliphatic carbocycles. The Bertz CT molecular complexity index is 201. The highest BCUT2D eigenvalue weighted by molar-refractivity contribution is 7.11. The van der Waals surface area contributed by atoms with Crippen molar-refractivity contribution in [3.05, 3.63) is 10.0 Å². The van der Waals surface area contributed by atoms with Crippen LogP contribution in [0.5, 0.6) is 0 Å². The van der Waals surface area contributed by atoms with Crippen LogP contribution in [0.2, 0.25) is 0 Å². The van der Waals surface area contributed by atoms with E-state index in [0.717, 1.165) is 11.6 Å². The second-order valence-corrected chi connectivity index (χ2v) is 2.92. The van der Waals surface area contributed by atoms with E-state index in [0.29, 0.717) is 5.01 Å². The molecule has 1 aromatic heterocycles. The molecule has 0 amide bonds. The minimum atomic E-state index is -0.0125. The highest BCUT2D eigenvalue weighted by Gasteiger charge is 1.99. The maximum atomic E-state index is 8.61. The first-order valence-corrected chi connectivity index (χ1v) is 3.75. The van der Waals surface area contributed by atoms with Crippen molar-refractivity contribution in [3.8, 4) is 0 Å². The van der Waals surface area contributed by atoms with Gasteiger partial charge in [-0.25, -0.2) is 0 Å². The van der Waals surface area contributed by atoms with Gasteiger partial charge in [0.2, 0.25) is 0 Å². The van der Waals surface area contributed by atoms with Gasteiger partial charge in [-0.2, -0.15) is 0 Å². The van der Waals surface area contributed by atoms with Gasteiger partial charge in [-0.05, 0) is 7.05 Å². The lowest BCUT2D eigenvalue weighted by Crippen LogP contribution is -2.04. The summed E-state index contributed by atoms with van der Waals surface area (Å²) in [6.45, 7) is 0.707. The van der Waals surface area contributed by atoms with Gasteiger partial charge in [0.25, 0.3) is 0 Å². The molecule has 0 aromatic carbocycles. The summed E-state index contributed by atoms with van der Waals surface area (Å²) in [6, 6.07) is 0. The van der Waals surface area contributed by atoms with E-state index in [1.54, 1.807) is 0 Å². The van der Waals surface area contributed by atoms with Crippen LogP contribution < -0.4 is 5.32 Å². The summed E-state index contributed by atoms with van der Waals surface area (Å²) in [5.41, 5.74) is 0. The van der Waals surface area contributed by atoms with Crippen LogP contribution in [-0.4, -0.2) is 22.4 Å². The molecule has 0 atom stereocenters. The Kier molecular flexibility index (Phi) is 2.73. The van der Waals surface area contributed by atoms with Crippen molar-refractivity contribution >= 4 is 11.3 Å². The Labute approximate surface area is 62.9 Å². The Hall–Kier alpha value is -0.520. The number of hydrogen-bond acceptors (Lipinski definition) is 5. The van der Waals surface area contributed by atoms with E-state index in [2.05, 4.69) is 15.5 Å². The maximum Gasteiger partial charge on any atom is 0.143 e. The molecular weight excluding hydrogens is 150 g/mol. The van der Waals surface area contributed by atoms with Gasteiger partial charge in [-0.15, -0.1) is 10.2 Å². The molecule has 2 N–H and O–H groups in total. The largest absolute Gasteiger partial charge is 0.389 e.